The topological polar surface area (TPSA) is 78.9 Å². The van der Waals surface area contributed by atoms with Gasteiger partial charge in [-0.3, -0.25) is 4.79 Å². The molecule has 98 valence electrons. The Morgan fingerprint density at radius 2 is 2.18 bits per heavy atom. The highest BCUT2D eigenvalue weighted by Gasteiger charge is 2.28. The van der Waals surface area contributed by atoms with Gasteiger partial charge in [0.1, 0.15) is 6.54 Å². The Morgan fingerprint density at radius 1 is 1.53 bits per heavy atom. The summed E-state index contributed by atoms with van der Waals surface area (Å²) in [5.74, 6) is -1.01. The molecule has 0 aromatic carbocycles. The molecule has 1 saturated heterocycles. The van der Waals surface area contributed by atoms with Crippen LogP contribution in [0.4, 0.5) is 4.79 Å². The van der Waals surface area contributed by atoms with Crippen molar-refractivity contribution < 1.29 is 19.4 Å². The maximum absolute atomic E-state index is 11.9. The zero-order chi connectivity index (χ0) is 13.0. The molecule has 0 radical (unpaired) electrons. The second-order valence-electron chi connectivity index (χ2n) is 4.54. The van der Waals surface area contributed by atoms with Gasteiger partial charge in [-0.25, -0.2) is 4.79 Å². The Balaban J connectivity index is 2.55. The molecule has 0 aromatic rings. The minimum Gasteiger partial charge on any atom is -0.480 e. The van der Waals surface area contributed by atoms with Gasteiger partial charge < -0.3 is 20.1 Å². The van der Waals surface area contributed by atoms with Crippen LogP contribution >= 0.6 is 0 Å². The van der Waals surface area contributed by atoms with E-state index in [-0.39, 0.29) is 30.8 Å². The average Bonchev–Trinajstić information content (AvgIpc) is 2.60. The van der Waals surface area contributed by atoms with Gasteiger partial charge in [0, 0.05) is 12.6 Å². The fourth-order valence-corrected chi connectivity index (χ4v) is 1.80. The summed E-state index contributed by atoms with van der Waals surface area (Å²) < 4.78 is 5.34. The van der Waals surface area contributed by atoms with Crippen LogP contribution in [0.3, 0.4) is 0 Å². The van der Waals surface area contributed by atoms with Crippen molar-refractivity contribution in [2.45, 2.75) is 45.4 Å². The Morgan fingerprint density at radius 3 is 2.59 bits per heavy atom. The second kappa shape index (κ2) is 5.86. The minimum absolute atomic E-state index is 0.0159. The Bertz CT molecular complexity index is 293. The number of urea groups is 1. The lowest BCUT2D eigenvalue weighted by atomic mass is 10.1. The lowest BCUT2D eigenvalue weighted by molar-refractivity contribution is -0.138. The summed E-state index contributed by atoms with van der Waals surface area (Å²) in [6.07, 6.45) is 0.754. The third kappa shape index (κ3) is 3.89. The van der Waals surface area contributed by atoms with E-state index in [0.29, 0.717) is 6.61 Å². The van der Waals surface area contributed by atoms with Crippen LogP contribution in [0.5, 0.6) is 0 Å². The van der Waals surface area contributed by atoms with Gasteiger partial charge in [-0.15, -0.1) is 0 Å². The summed E-state index contributed by atoms with van der Waals surface area (Å²) in [7, 11) is 0. The zero-order valence-corrected chi connectivity index (χ0v) is 10.5. The molecule has 0 aromatic heterocycles. The zero-order valence-electron chi connectivity index (χ0n) is 10.5. The molecular weight excluding hydrogens is 224 g/mol. The highest BCUT2D eigenvalue weighted by Crippen LogP contribution is 2.13. The summed E-state index contributed by atoms with van der Waals surface area (Å²) in [6.45, 7) is 5.82. The number of carbonyl (C=O) groups is 2. The van der Waals surface area contributed by atoms with Crippen LogP contribution in [0.15, 0.2) is 0 Å². The molecule has 1 heterocycles. The van der Waals surface area contributed by atoms with E-state index in [1.807, 2.05) is 6.92 Å². The number of nitrogens with zero attached hydrogens (tertiary/aromatic N) is 1. The van der Waals surface area contributed by atoms with Gasteiger partial charge in [0.05, 0.1) is 12.1 Å². The number of carboxylic acid groups (broad SMARTS) is 1. The first-order valence-corrected chi connectivity index (χ1v) is 5.82. The molecule has 2 unspecified atom stereocenters. The lowest BCUT2D eigenvalue weighted by Crippen LogP contribution is -2.51. The Labute approximate surface area is 101 Å². The predicted octanol–water partition coefficient (Wildman–Crippen LogP) is 0.668. The number of rotatable bonds is 4. The molecule has 2 N–H and O–H groups in total. The monoisotopic (exact) mass is 244 g/mol. The van der Waals surface area contributed by atoms with E-state index in [2.05, 4.69) is 5.32 Å². The highest BCUT2D eigenvalue weighted by molar-refractivity contribution is 5.80. The van der Waals surface area contributed by atoms with Gasteiger partial charge in [-0.05, 0) is 27.2 Å². The van der Waals surface area contributed by atoms with E-state index in [4.69, 9.17) is 9.84 Å². The van der Waals surface area contributed by atoms with Crippen molar-refractivity contribution in [2.75, 3.05) is 13.2 Å². The molecule has 17 heavy (non-hydrogen) atoms. The molecule has 1 rings (SSSR count). The quantitative estimate of drug-likeness (QED) is 0.761. The normalized spacial score (nSPS) is 23.8. The van der Waals surface area contributed by atoms with E-state index >= 15 is 0 Å². The highest BCUT2D eigenvalue weighted by atomic mass is 16.5. The fourth-order valence-electron chi connectivity index (χ4n) is 1.80. The maximum atomic E-state index is 11.9. The Kier molecular flexibility index (Phi) is 4.74. The molecule has 6 nitrogen and oxygen atoms in total. The summed E-state index contributed by atoms with van der Waals surface area (Å²) in [5, 5.41) is 11.6. The summed E-state index contributed by atoms with van der Waals surface area (Å²) >= 11 is 0. The number of hydrogen-bond acceptors (Lipinski definition) is 3. The van der Waals surface area contributed by atoms with Gasteiger partial charge in [-0.2, -0.15) is 0 Å². The average molecular weight is 244 g/mol. The molecule has 6 heteroatoms. The SMILES string of the molecule is CC1OCCC1NC(=O)N(CC(=O)O)C(C)C. The number of carbonyl (C=O) groups excluding carboxylic acids is 1. The van der Waals surface area contributed by atoms with Gasteiger partial charge in [0.15, 0.2) is 0 Å². The smallest absolute Gasteiger partial charge is 0.323 e. The van der Waals surface area contributed by atoms with Gasteiger partial charge in [0.2, 0.25) is 0 Å². The van der Waals surface area contributed by atoms with Crippen molar-refractivity contribution in [2.24, 2.45) is 0 Å². The number of amides is 2. The van der Waals surface area contributed by atoms with Gasteiger partial charge >= 0.3 is 12.0 Å². The van der Waals surface area contributed by atoms with Crippen LogP contribution in [0.1, 0.15) is 27.2 Å². The summed E-state index contributed by atoms with van der Waals surface area (Å²) in [5.41, 5.74) is 0. The van der Waals surface area contributed by atoms with Crippen molar-refractivity contribution >= 4 is 12.0 Å². The van der Waals surface area contributed by atoms with Crippen molar-refractivity contribution in [1.29, 1.82) is 0 Å². The van der Waals surface area contributed by atoms with E-state index in [1.165, 1.54) is 4.90 Å². The molecule has 0 bridgehead atoms. The van der Waals surface area contributed by atoms with E-state index in [1.54, 1.807) is 13.8 Å². The molecular formula is C11H20N2O4. The predicted molar refractivity (Wildman–Crippen MR) is 61.8 cm³/mol. The van der Waals surface area contributed by atoms with Crippen molar-refractivity contribution in [1.82, 2.24) is 10.2 Å². The first-order valence-electron chi connectivity index (χ1n) is 5.82. The van der Waals surface area contributed by atoms with Crippen LogP contribution in [0.2, 0.25) is 0 Å². The third-order valence-corrected chi connectivity index (χ3v) is 2.87. The van der Waals surface area contributed by atoms with Crippen LogP contribution < -0.4 is 5.32 Å². The lowest BCUT2D eigenvalue weighted by Gasteiger charge is -2.27. The molecule has 0 aliphatic carbocycles. The molecule has 1 aliphatic heterocycles. The van der Waals surface area contributed by atoms with E-state index < -0.39 is 5.97 Å². The molecule has 1 fully saturated rings. The standard InChI is InChI=1S/C11H20N2O4/c1-7(2)13(6-10(14)15)11(16)12-9-4-5-17-8(9)3/h7-9H,4-6H2,1-3H3,(H,12,16)(H,14,15). The van der Waals surface area contributed by atoms with Crippen LogP contribution in [-0.4, -0.2) is 53.3 Å². The van der Waals surface area contributed by atoms with Crippen molar-refractivity contribution in [3.63, 3.8) is 0 Å². The van der Waals surface area contributed by atoms with Crippen molar-refractivity contribution in [3.8, 4) is 0 Å². The van der Waals surface area contributed by atoms with Gasteiger partial charge in [-0.1, -0.05) is 0 Å². The van der Waals surface area contributed by atoms with Crippen LogP contribution in [0.25, 0.3) is 0 Å². The number of hydrogen-bond donors (Lipinski definition) is 2. The molecule has 0 spiro atoms. The fraction of sp³-hybridized carbons (Fsp3) is 0.818. The number of ether oxygens (including phenoxy) is 1. The molecule has 2 atom stereocenters. The van der Waals surface area contributed by atoms with E-state index in [0.717, 1.165) is 6.42 Å². The minimum atomic E-state index is -1.01. The summed E-state index contributed by atoms with van der Waals surface area (Å²) in [6, 6.07) is -0.522. The molecule has 2 amide bonds. The summed E-state index contributed by atoms with van der Waals surface area (Å²) in [4.78, 5) is 23.9. The number of carboxylic acids is 1. The van der Waals surface area contributed by atoms with E-state index in [9.17, 15) is 9.59 Å². The first kappa shape index (κ1) is 13.8. The third-order valence-electron chi connectivity index (χ3n) is 2.87. The molecule has 0 saturated carbocycles. The number of nitrogens with one attached hydrogen (secondary N) is 1. The maximum Gasteiger partial charge on any atom is 0.323 e. The number of aliphatic carboxylic acids is 1. The van der Waals surface area contributed by atoms with Crippen molar-refractivity contribution in [3.05, 3.63) is 0 Å². The van der Waals surface area contributed by atoms with Crippen LogP contribution in [-0.2, 0) is 9.53 Å². The van der Waals surface area contributed by atoms with Gasteiger partial charge in [0.25, 0.3) is 0 Å². The second-order valence-corrected chi connectivity index (χ2v) is 4.54. The molecule has 1 aliphatic rings. The Hall–Kier alpha value is -1.30. The largest absolute Gasteiger partial charge is 0.480 e. The first-order chi connectivity index (χ1) is 7.91. The van der Waals surface area contributed by atoms with Crippen LogP contribution in [0, 0.1) is 0 Å².